The van der Waals surface area contributed by atoms with Gasteiger partial charge >= 0.3 is 0 Å². The zero-order valence-electron chi connectivity index (χ0n) is 10.2. The highest BCUT2D eigenvalue weighted by Gasteiger charge is 2.26. The Labute approximate surface area is 105 Å². The van der Waals surface area contributed by atoms with Crippen molar-refractivity contribution in [2.45, 2.75) is 20.3 Å². The van der Waals surface area contributed by atoms with Gasteiger partial charge in [0.05, 0.1) is 11.1 Å². The van der Waals surface area contributed by atoms with Crippen molar-refractivity contribution in [3.05, 3.63) is 29.3 Å². The predicted octanol–water partition coefficient (Wildman–Crippen LogP) is 1.55. The first-order chi connectivity index (χ1) is 8.52. The third kappa shape index (κ3) is 2.11. The molecule has 0 aliphatic carbocycles. The number of imide groups is 1. The maximum Gasteiger partial charge on any atom is 0.259 e. The SMILES string of the molecule is CCC(C)C(=O)Nc1ccc2c(c1)C(=O)NC2=O. The van der Waals surface area contributed by atoms with Gasteiger partial charge in [0.2, 0.25) is 5.91 Å². The third-order valence-electron chi connectivity index (χ3n) is 3.06. The van der Waals surface area contributed by atoms with Crippen molar-refractivity contribution in [2.24, 2.45) is 5.92 Å². The van der Waals surface area contributed by atoms with Crippen molar-refractivity contribution in [2.75, 3.05) is 5.32 Å². The van der Waals surface area contributed by atoms with Gasteiger partial charge in [0, 0.05) is 11.6 Å². The molecule has 1 atom stereocenters. The second-order valence-corrected chi connectivity index (χ2v) is 4.34. The van der Waals surface area contributed by atoms with Crippen LogP contribution in [0.3, 0.4) is 0 Å². The van der Waals surface area contributed by atoms with Gasteiger partial charge in [-0.3, -0.25) is 19.7 Å². The quantitative estimate of drug-likeness (QED) is 0.794. The van der Waals surface area contributed by atoms with Crippen LogP contribution < -0.4 is 10.6 Å². The van der Waals surface area contributed by atoms with Gasteiger partial charge in [-0.1, -0.05) is 13.8 Å². The molecule has 1 heterocycles. The molecular weight excluding hydrogens is 232 g/mol. The minimum absolute atomic E-state index is 0.0892. The highest BCUT2D eigenvalue weighted by molar-refractivity contribution is 6.22. The lowest BCUT2D eigenvalue weighted by molar-refractivity contribution is -0.119. The summed E-state index contributed by atoms with van der Waals surface area (Å²) in [5.74, 6) is -1.000. The van der Waals surface area contributed by atoms with Crippen LogP contribution in [-0.2, 0) is 4.79 Å². The summed E-state index contributed by atoms with van der Waals surface area (Å²) in [5.41, 5.74) is 1.19. The standard InChI is InChI=1S/C13H14N2O3/c1-3-7(2)11(16)14-8-4-5-9-10(6-8)13(18)15-12(9)17/h4-7H,3H2,1-2H3,(H,14,16)(H,15,17,18). The van der Waals surface area contributed by atoms with E-state index in [1.807, 2.05) is 13.8 Å². The predicted molar refractivity (Wildman–Crippen MR) is 66.3 cm³/mol. The summed E-state index contributed by atoms with van der Waals surface area (Å²) in [5, 5.41) is 4.93. The Hall–Kier alpha value is -2.17. The van der Waals surface area contributed by atoms with E-state index in [9.17, 15) is 14.4 Å². The molecule has 2 rings (SSSR count). The van der Waals surface area contributed by atoms with E-state index in [4.69, 9.17) is 0 Å². The molecular formula is C13H14N2O3. The normalized spacial score (nSPS) is 15.0. The second-order valence-electron chi connectivity index (χ2n) is 4.34. The number of benzene rings is 1. The summed E-state index contributed by atoms with van der Waals surface area (Å²) >= 11 is 0. The van der Waals surface area contributed by atoms with E-state index in [2.05, 4.69) is 10.6 Å². The first-order valence-corrected chi connectivity index (χ1v) is 5.83. The summed E-state index contributed by atoms with van der Waals surface area (Å²) in [6.45, 7) is 3.76. The number of rotatable bonds is 3. The number of hydrogen-bond donors (Lipinski definition) is 2. The number of carbonyl (C=O) groups excluding carboxylic acids is 3. The molecule has 18 heavy (non-hydrogen) atoms. The monoisotopic (exact) mass is 246 g/mol. The summed E-state index contributed by atoms with van der Waals surface area (Å²) < 4.78 is 0. The Morgan fingerprint density at radius 1 is 1.28 bits per heavy atom. The van der Waals surface area contributed by atoms with Gasteiger partial charge < -0.3 is 5.32 Å². The topological polar surface area (TPSA) is 75.3 Å². The molecule has 0 radical (unpaired) electrons. The van der Waals surface area contributed by atoms with Crippen LogP contribution in [0.4, 0.5) is 5.69 Å². The summed E-state index contributed by atoms with van der Waals surface area (Å²) in [6, 6.07) is 4.69. The number of carbonyl (C=O) groups is 3. The summed E-state index contributed by atoms with van der Waals surface area (Å²) in [4.78, 5) is 34.5. The fraction of sp³-hybridized carbons (Fsp3) is 0.308. The van der Waals surface area contributed by atoms with Gasteiger partial charge in [-0.25, -0.2) is 0 Å². The first-order valence-electron chi connectivity index (χ1n) is 5.83. The molecule has 2 N–H and O–H groups in total. The van der Waals surface area contributed by atoms with Crippen LogP contribution in [0.25, 0.3) is 0 Å². The number of amides is 3. The van der Waals surface area contributed by atoms with Crippen LogP contribution in [-0.4, -0.2) is 17.7 Å². The highest BCUT2D eigenvalue weighted by atomic mass is 16.2. The fourth-order valence-corrected chi connectivity index (χ4v) is 1.70. The van der Waals surface area contributed by atoms with Crippen LogP contribution in [0.15, 0.2) is 18.2 Å². The Bertz CT molecular complexity index is 537. The van der Waals surface area contributed by atoms with E-state index in [-0.39, 0.29) is 11.8 Å². The van der Waals surface area contributed by atoms with E-state index in [0.29, 0.717) is 16.8 Å². The maximum absolute atomic E-state index is 11.7. The zero-order chi connectivity index (χ0) is 13.3. The van der Waals surface area contributed by atoms with Crippen molar-refractivity contribution in [3.63, 3.8) is 0 Å². The van der Waals surface area contributed by atoms with Gasteiger partial charge in [-0.15, -0.1) is 0 Å². The molecule has 0 saturated carbocycles. The molecule has 1 aliphatic heterocycles. The summed E-state index contributed by atoms with van der Waals surface area (Å²) in [6.07, 6.45) is 0.746. The third-order valence-corrected chi connectivity index (χ3v) is 3.06. The maximum atomic E-state index is 11.7. The molecule has 1 aromatic carbocycles. The number of nitrogens with one attached hydrogen (secondary N) is 2. The van der Waals surface area contributed by atoms with Crippen LogP contribution in [0.5, 0.6) is 0 Å². The van der Waals surface area contributed by atoms with Crippen LogP contribution >= 0.6 is 0 Å². The smallest absolute Gasteiger partial charge is 0.259 e. The van der Waals surface area contributed by atoms with Crippen molar-refractivity contribution in [1.82, 2.24) is 5.32 Å². The van der Waals surface area contributed by atoms with Gasteiger partial charge in [0.15, 0.2) is 0 Å². The van der Waals surface area contributed by atoms with Gasteiger partial charge in [-0.05, 0) is 24.6 Å². The molecule has 0 spiro atoms. The molecule has 3 amide bonds. The lowest BCUT2D eigenvalue weighted by Crippen LogP contribution is -2.20. The Kier molecular flexibility index (Phi) is 3.14. The molecule has 5 heteroatoms. The Morgan fingerprint density at radius 3 is 2.61 bits per heavy atom. The Morgan fingerprint density at radius 2 is 1.94 bits per heavy atom. The zero-order valence-corrected chi connectivity index (χ0v) is 10.2. The number of fused-ring (bicyclic) bond motifs is 1. The molecule has 1 unspecified atom stereocenters. The second kappa shape index (κ2) is 4.60. The van der Waals surface area contributed by atoms with Crippen molar-refractivity contribution < 1.29 is 14.4 Å². The van der Waals surface area contributed by atoms with E-state index in [0.717, 1.165) is 6.42 Å². The van der Waals surface area contributed by atoms with Crippen molar-refractivity contribution >= 4 is 23.4 Å². The molecule has 94 valence electrons. The van der Waals surface area contributed by atoms with Crippen molar-refractivity contribution in [3.8, 4) is 0 Å². The van der Waals surface area contributed by atoms with Crippen LogP contribution in [0.2, 0.25) is 0 Å². The minimum atomic E-state index is -0.422. The largest absolute Gasteiger partial charge is 0.326 e. The Balaban J connectivity index is 2.23. The molecule has 0 fully saturated rings. The molecule has 1 aliphatic rings. The van der Waals surface area contributed by atoms with Crippen molar-refractivity contribution in [1.29, 1.82) is 0 Å². The highest BCUT2D eigenvalue weighted by Crippen LogP contribution is 2.20. The van der Waals surface area contributed by atoms with Gasteiger partial charge in [-0.2, -0.15) is 0 Å². The van der Waals surface area contributed by atoms with E-state index in [1.165, 1.54) is 6.07 Å². The first kappa shape index (κ1) is 12.3. The molecule has 1 aromatic rings. The number of hydrogen-bond acceptors (Lipinski definition) is 3. The molecule has 0 bridgehead atoms. The minimum Gasteiger partial charge on any atom is -0.326 e. The molecule has 5 nitrogen and oxygen atoms in total. The van der Waals surface area contributed by atoms with E-state index >= 15 is 0 Å². The summed E-state index contributed by atoms with van der Waals surface area (Å²) in [7, 11) is 0. The lowest BCUT2D eigenvalue weighted by Gasteiger charge is -2.10. The average molecular weight is 246 g/mol. The molecule has 0 aromatic heterocycles. The molecule has 0 saturated heterocycles. The van der Waals surface area contributed by atoms with Gasteiger partial charge in [0.1, 0.15) is 0 Å². The van der Waals surface area contributed by atoms with E-state index in [1.54, 1.807) is 12.1 Å². The van der Waals surface area contributed by atoms with Gasteiger partial charge in [0.25, 0.3) is 11.8 Å². The average Bonchev–Trinajstić information content (AvgIpc) is 2.63. The fourth-order valence-electron chi connectivity index (χ4n) is 1.70. The van der Waals surface area contributed by atoms with Crippen LogP contribution in [0, 0.1) is 5.92 Å². The lowest BCUT2D eigenvalue weighted by atomic mass is 10.1. The number of anilines is 1. The van der Waals surface area contributed by atoms with E-state index < -0.39 is 11.8 Å². The van der Waals surface area contributed by atoms with Crippen LogP contribution in [0.1, 0.15) is 41.0 Å².